The molecule has 2 aromatic rings. The standard InChI is InChI=1S/C15H16BNO2/c18-16(19)14-10-4-6-12-7-5-11-17(15(12)14)13-8-2-1-3-9-13/h1-4,6,8-10,18-19H,5,7,11H2. The minimum Gasteiger partial charge on any atom is -0.423 e. The third kappa shape index (κ3) is 2.25. The molecule has 0 aliphatic carbocycles. The summed E-state index contributed by atoms with van der Waals surface area (Å²) in [7, 11) is -1.43. The van der Waals surface area contributed by atoms with Gasteiger partial charge in [0.2, 0.25) is 0 Å². The predicted octanol–water partition coefficient (Wildman–Crippen LogP) is 1.45. The lowest BCUT2D eigenvalue weighted by atomic mass is 9.76. The molecule has 3 nitrogen and oxygen atoms in total. The van der Waals surface area contributed by atoms with Crippen molar-refractivity contribution >= 4 is 24.0 Å². The lowest BCUT2D eigenvalue weighted by Gasteiger charge is -2.33. The maximum atomic E-state index is 9.57. The van der Waals surface area contributed by atoms with Gasteiger partial charge in [-0.25, -0.2) is 0 Å². The van der Waals surface area contributed by atoms with Gasteiger partial charge in [0.05, 0.1) is 0 Å². The van der Waals surface area contributed by atoms with Gasteiger partial charge >= 0.3 is 7.12 Å². The van der Waals surface area contributed by atoms with Crippen LogP contribution in [0.15, 0.2) is 48.5 Å². The second-order valence-corrected chi connectivity index (χ2v) is 4.82. The van der Waals surface area contributed by atoms with Crippen LogP contribution in [0.3, 0.4) is 0 Å². The van der Waals surface area contributed by atoms with Gasteiger partial charge in [0.1, 0.15) is 0 Å². The molecule has 0 unspecified atom stereocenters. The van der Waals surface area contributed by atoms with Crippen LogP contribution in [0.25, 0.3) is 0 Å². The zero-order valence-corrected chi connectivity index (χ0v) is 10.7. The summed E-state index contributed by atoms with van der Waals surface area (Å²) in [6.07, 6.45) is 2.06. The Hall–Kier alpha value is -1.78. The van der Waals surface area contributed by atoms with Crippen LogP contribution >= 0.6 is 0 Å². The molecule has 4 heteroatoms. The third-order valence-corrected chi connectivity index (χ3v) is 3.59. The van der Waals surface area contributed by atoms with E-state index in [1.54, 1.807) is 6.07 Å². The molecule has 19 heavy (non-hydrogen) atoms. The van der Waals surface area contributed by atoms with Gasteiger partial charge in [-0.1, -0.05) is 36.4 Å². The Kier molecular flexibility index (Phi) is 3.28. The van der Waals surface area contributed by atoms with Crippen LogP contribution in [0, 0.1) is 0 Å². The molecule has 1 heterocycles. The van der Waals surface area contributed by atoms with Crippen LogP contribution in [-0.2, 0) is 6.42 Å². The van der Waals surface area contributed by atoms with Crippen LogP contribution in [-0.4, -0.2) is 23.7 Å². The highest BCUT2D eigenvalue weighted by atomic mass is 16.4. The normalized spacial score (nSPS) is 14.1. The molecule has 1 aliphatic heterocycles. The Morgan fingerprint density at radius 1 is 0.947 bits per heavy atom. The Labute approximate surface area is 113 Å². The summed E-state index contributed by atoms with van der Waals surface area (Å²) in [4.78, 5) is 2.17. The summed E-state index contributed by atoms with van der Waals surface area (Å²) in [6.45, 7) is 0.904. The minimum atomic E-state index is -1.43. The van der Waals surface area contributed by atoms with Crippen molar-refractivity contribution in [2.45, 2.75) is 12.8 Å². The van der Waals surface area contributed by atoms with Gasteiger partial charge in [0.25, 0.3) is 0 Å². The quantitative estimate of drug-likeness (QED) is 0.796. The van der Waals surface area contributed by atoms with Crippen LogP contribution in [0.1, 0.15) is 12.0 Å². The van der Waals surface area contributed by atoms with Crippen LogP contribution in [0.2, 0.25) is 0 Å². The SMILES string of the molecule is OB(O)c1cccc2c1N(c1ccccc1)CCC2. The highest BCUT2D eigenvalue weighted by molar-refractivity contribution is 6.60. The summed E-state index contributed by atoms with van der Waals surface area (Å²) in [5.74, 6) is 0. The molecule has 0 saturated carbocycles. The van der Waals surface area contributed by atoms with Crippen molar-refractivity contribution in [3.05, 3.63) is 54.1 Å². The third-order valence-electron chi connectivity index (χ3n) is 3.59. The van der Waals surface area contributed by atoms with Crippen LogP contribution in [0.5, 0.6) is 0 Å². The first-order valence-electron chi connectivity index (χ1n) is 6.58. The van der Waals surface area contributed by atoms with Crippen molar-refractivity contribution in [1.29, 1.82) is 0 Å². The second-order valence-electron chi connectivity index (χ2n) is 4.82. The topological polar surface area (TPSA) is 43.7 Å². The van der Waals surface area contributed by atoms with E-state index in [-0.39, 0.29) is 0 Å². The van der Waals surface area contributed by atoms with Crippen molar-refractivity contribution in [1.82, 2.24) is 0 Å². The van der Waals surface area contributed by atoms with Gasteiger partial charge in [-0.3, -0.25) is 0 Å². The number of fused-ring (bicyclic) bond motifs is 1. The van der Waals surface area contributed by atoms with Gasteiger partial charge in [0, 0.05) is 23.4 Å². The molecular formula is C15H16BNO2. The van der Waals surface area contributed by atoms with Gasteiger partial charge in [-0.2, -0.15) is 0 Å². The zero-order valence-electron chi connectivity index (χ0n) is 10.7. The largest absolute Gasteiger partial charge is 0.490 e. The molecule has 2 aromatic carbocycles. The lowest BCUT2D eigenvalue weighted by molar-refractivity contribution is 0.425. The fourth-order valence-corrected chi connectivity index (χ4v) is 2.76. The van der Waals surface area contributed by atoms with E-state index < -0.39 is 7.12 Å². The van der Waals surface area contributed by atoms with Gasteiger partial charge in [0.15, 0.2) is 0 Å². The van der Waals surface area contributed by atoms with Crippen molar-refractivity contribution < 1.29 is 10.0 Å². The molecule has 1 aliphatic rings. The smallest absolute Gasteiger partial charge is 0.423 e. The molecule has 0 saturated heterocycles. The number of benzene rings is 2. The maximum absolute atomic E-state index is 9.57. The van der Waals surface area contributed by atoms with E-state index >= 15 is 0 Å². The molecule has 0 aromatic heterocycles. The molecule has 3 rings (SSSR count). The molecule has 0 spiro atoms. The number of hydrogen-bond donors (Lipinski definition) is 2. The molecule has 0 radical (unpaired) electrons. The van der Waals surface area contributed by atoms with Crippen molar-refractivity contribution in [3.63, 3.8) is 0 Å². The number of rotatable bonds is 2. The van der Waals surface area contributed by atoms with E-state index in [0.29, 0.717) is 5.46 Å². The van der Waals surface area contributed by atoms with Gasteiger partial charge in [-0.15, -0.1) is 0 Å². The Bertz CT molecular complexity index is 572. The molecule has 96 valence electrons. The van der Waals surface area contributed by atoms with Gasteiger partial charge < -0.3 is 14.9 Å². The number of anilines is 2. The first kappa shape index (κ1) is 12.3. The molecule has 0 fully saturated rings. The summed E-state index contributed by atoms with van der Waals surface area (Å²) >= 11 is 0. The van der Waals surface area contributed by atoms with E-state index in [0.717, 1.165) is 30.8 Å². The molecular weight excluding hydrogens is 237 g/mol. The van der Waals surface area contributed by atoms with Crippen LogP contribution in [0.4, 0.5) is 11.4 Å². The van der Waals surface area contributed by atoms with Crippen molar-refractivity contribution in [3.8, 4) is 0 Å². The summed E-state index contributed by atoms with van der Waals surface area (Å²) in [5, 5.41) is 19.1. The van der Waals surface area contributed by atoms with Gasteiger partial charge in [-0.05, 0) is 30.5 Å². The van der Waals surface area contributed by atoms with Crippen molar-refractivity contribution in [2.24, 2.45) is 0 Å². The van der Waals surface area contributed by atoms with Crippen molar-refractivity contribution in [2.75, 3.05) is 11.4 Å². The van der Waals surface area contributed by atoms with E-state index in [1.165, 1.54) is 5.56 Å². The molecule has 0 atom stereocenters. The number of aryl methyl sites for hydroxylation is 1. The van der Waals surface area contributed by atoms with E-state index in [2.05, 4.69) is 23.1 Å². The average Bonchev–Trinajstić information content (AvgIpc) is 2.46. The monoisotopic (exact) mass is 253 g/mol. The minimum absolute atomic E-state index is 0.584. The maximum Gasteiger partial charge on any atom is 0.490 e. The summed E-state index contributed by atoms with van der Waals surface area (Å²) in [6, 6.07) is 15.8. The lowest BCUT2D eigenvalue weighted by Crippen LogP contribution is -2.38. The fraction of sp³-hybridized carbons (Fsp3) is 0.200. The Morgan fingerprint density at radius 3 is 2.47 bits per heavy atom. The molecule has 2 N–H and O–H groups in total. The first-order valence-corrected chi connectivity index (χ1v) is 6.58. The first-order chi connectivity index (χ1) is 9.27. The zero-order chi connectivity index (χ0) is 13.2. The highest BCUT2D eigenvalue weighted by Crippen LogP contribution is 2.31. The number of nitrogens with zero attached hydrogens (tertiary/aromatic N) is 1. The second kappa shape index (κ2) is 5.07. The Morgan fingerprint density at radius 2 is 1.74 bits per heavy atom. The molecule has 0 amide bonds. The Balaban J connectivity index is 2.13. The van der Waals surface area contributed by atoms with Crippen LogP contribution < -0.4 is 10.4 Å². The number of para-hydroxylation sites is 2. The average molecular weight is 253 g/mol. The van der Waals surface area contributed by atoms with E-state index in [4.69, 9.17) is 0 Å². The summed E-state index contributed by atoms with van der Waals surface area (Å²) in [5.41, 5.74) is 3.81. The fourth-order valence-electron chi connectivity index (χ4n) is 2.76. The predicted molar refractivity (Wildman–Crippen MR) is 78.0 cm³/mol. The summed E-state index contributed by atoms with van der Waals surface area (Å²) < 4.78 is 0. The van der Waals surface area contributed by atoms with E-state index in [1.807, 2.05) is 24.3 Å². The number of hydrogen-bond acceptors (Lipinski definition) is 3. The van der Waals surface area contributed by atoms with E-state index in [9.17, 15) is 10.0 Å². The highest BCUT2D eigenvalue weighted by Gasteiger charge is 2.25. The molecule has 0 bridgehead atoms.